The van der Waals surface area contributed by atoms with Gasteiger partial charge < -0.3 is 10.1 Å². The lowest BCUT2D eigenvalue weighted by molar-refractivity contribution is 0.391. The van der Waals surface area contributed by atoms with Crippen molar-refractivity contribution in [1.82, 2.24) is 5.32 Å². The van der Waals surface area contributed by atoms with E-state index in [9.17, 15) is 0 Å². The molecular weight excluding hydrogens is 258 g/mol. The fourth-order valence-electron chi connectivity index (χ4n) is 3.34. The first-order valence-electron chi connectivity index (χ1n) is 7.94. The van der Waals surface area contributed by atoms with Crippen molar-refractivity contribution in [3.05, 3.63) is 59.7 Å². The molecule has 0 fully saturated rings. The van der Waals surface area contributed by atoms with Gasteiger partial charge in [-0.3, -0.25) is 0 Å². The van der Waals surface area contributed by atoms with Gasteiger partial charge in [0.25, 0.3) is 0 Å². The summed E-state index contributed by atoms with van der Waals surface area (Å²) in [6.45, 7) is 5.42. The Balaban J connectivity index is 2.09. The molecule has 0 saturated heterocycles. The average molecular weight is 281 g/mol. The second-order valence-corrected chi connectivity index (χ2v) is 5.61. The highest BCUT2D eigenvalue weighted by atomic mass is 16.5. The molecule has 1 aliphatic rings. The Kier molecular flexibility index (Phi) is 4.26. The van der Waals surface area contributed by atoms with E-state index < -0.39 is 0 Å². The van der Waals surface area contributed by atoms with Gasteiger partial charge in [-0.05, 0) is 25.1 Å². The van der Waals surface area contributed by atoms with Gasteiger partial charge in [0.05, 0.1) is 0 Å². The van der Waals surface area contributed by atoms with Gasteiger partial charge in [0, 0.05) is 23.1 Å². The lowest BCUT2D eigenvalue weighted by atomic mass is 9.81. The average Bonchev–Trinajstić information content (AvgIpc) is 2.52. The van der Waals surface area contributed by atoms with Crippen molar-refractivity contribution in [2.45, 2.75) is 38.6 Å². The second kappa shape index (κ2) is 6.31. The summed E-state index contributed by atoms with van der Waals surface area (Å²) in [5.74, 6) is 2.37. The Morgan fingerprint density at radius 1 is 0.952 bits per heavy atom. The topological polar surface area (TPSA) is 21.3 Å². The maximum Gasteiger partial charge on any atom is 0.131 e. The molecule has 1 heterocycles. The Bertz CT molecular complexity index is 557. The van der Waals surface area contributed by atoms with Crippen LogP contribution in [0.2, 0.25) is 0 Å². The molecule has 2 aromatic carbocycles. The van der Waals surface area contributed by atoms with E-state index in [1.165, 1.54) is 24.0 Å². The first-order chi connectivity index (χ1) is 10.3. The standard InChI is InChI=1S/C19H23NO/c1-3-9-16(20-4-2)19-14-10-5-7-12-17(14)21-18-13-8-6-11-15(18)19/h5-8,10-13,16,19-20H,3-4,9H2,1-2H3. The van der Waals surface area contributed by atoms with Crippen molar-refractivity contribution in [1.29, 1.82) is 0 Å². The van der Waals surface area contributed by atoms with Crippen molar-refractivity contribution < 1.29 is 4.74 Å². The third-order valence-corrected chi connectivity index (χ3v) is 4.20. The molecule has 3 rings (SSSR count). The molecule has 1 aliphatic heterocycles. The molecule has 2 nitrogen and oxygen atoms in total. The second-order valence-electron chi connectivity index (χ2n) is 5.61. The highest BCUT2D eigenvalue weighted by Gasteiger charge is 2.32. The molecule has 1 N–H and O–H groups in total. The highest BCUT2D eigenvalue weighted by molar-refractivity contribution is 5.54. The molecular formula is C19H23NO. The van der Waals surface area contributed by atoms with E-state index in [-0.39, 0.29) is 0 Å². The number of nitrogens with one attached hydrogen (secondary N) is 1. The molecule has 0 spiro atoms. The molecule has 2 aromatic rings. The largest absolute Gasteiger partial charge is 0.457 e. The van der Waals surface area contributed by atoms with Crippen LogP contribution in [0.4, 0.5) is 0 Å². The minimum absolute atomic E-state index is 0.367. The summed E-state index contributed by atoms with van der Waals surface area (Å²) >= 11 is 0. The molecule has 0 saturated carbocycles. The molecule has 0 amide bonds. The molecule has 21 heavy (non-hydrogen) atoms. The zero-order chi connectivity index (χ0) is 14.7. The van der Waals surface area contributed by atoms with Crippen LogP contribution >= 0.6 is 0 Å². The van der Waals surface area contributed by atoms with Gasteiger partial charge in [0.2, 0.25) is 0 Å². The van der Waals surface area contributed by atoms with Crippen LogP contribution in [0.25, 0.3) is 0 Å². The summed E-state index contributed by atoms with van der Waals surface area (Å²) in [6, 6.07) is 17.3. The highest BCUT2D eigenvalue weighted by Crippen LogP contribution is 2.45. The summed E-state index contributed by atoms with van der Waals surface area (Å²) in [5, 5.41) is 3.68. The van der Waals surface area contributed by atoms with E-state index in [1.807, 2.05) is 12.1 Å². The fourth-order valence-corrected chi connectivity index (χ4v) is 3.34. The normalized spacial score (nSPS) is 15.0. The molecule has 1 unspecified atom stereocenters. The van der Waals surface area contributed by atoms with E-state index in [0.29, 0.717) is 12.0 Å². The first kappa shape index (κ1) is 14.2. The van der Waals surface area contributed by atoms with E-state index in [2.05, 4.69) is 55.6 Å². The maximum absolute atomic E-state index is 6.09. The van der Waals surface area contributed by atoms with E-state index >= 15 is 0 Å². The van der Waals surface area contributed by atoms with Crippen LogP contribution < -0.4 is 10.1 Å². The summed E-state index contributed by atoms with van der Waals surface area (Å²) in [4.78, 5) is 0. The van der Waals surface area contributed by atoms with Gasteiger partial charge in [0.1, 0.15) is 11.5 Å². The van der Waals surface area contributed by atoms with Crippen LogP contribution in [0.15, 0.2) is 48.5 Å². The van der Waals surface area contributed by atoms with E-state index in [0.717, 1.165) is 18.0 Å². The monoisotopic (exact) mass is 281 g/mol. The van der Waals surface area contributed by atoms with Crippen LogP contribution in [0, 0.1) is 0 Å². The molecule has 0 aromatic heterocycles. The van der Waals surface area contributed by atoms with Crippen LogP contribution in [-0.2, 0) is 0 Å². The lowest BCUT2D eigenvalue weighted by Gasteiger charge is -2.34. The fraction of sp³-hybridized carbons (Fsp3) is 0.368. The molecule has 0 bridgehead atoms. The molecule has 1 atom stereocenters. The van der Waals surface area contributed by atoms with Gasteiger partial charge in [-0.15, -0.1) is 0 Å². The Hall–Kier alpha value is -1.80. The maximum atomic E-state index is 6.09. The van der Waals surface area contributed by atoms with Gasteiger partial charge >= 0.3 is 0 Å². The quantitative estimate of drug-likeness (QED) is 0.857. The number of hydrogen-bond donors (Lipinski definition) is 1. The number of fused-ring (bicyclic) bond motifs is 2. The van der Waals surface area contributed by atoms with Crippen molar-refractivity contribution >= 4 is 0 Å². The predicted octanol–water partition coefficient (Wildman–Crippen LogP) is 4.70. The van der Waals surface area contributed by atoms with Crippen LogP contribution in [-0.4, -0.2) is 12.6 Å². The third kappa shape index (κ3) is 2.68. The third-order valence-electron chi connectivity index (χ3n) is 4.20. The zero-order valence-electron chi connectivity index (χ0n) is 12.8. The molecule has 2 heteroatoms. The summed E-state index contributed by atoms with van der Waals surface area (Å²) in [6.07, 6.45) is 2.35. The lowest BCUT2D eigenvalue weighted by Crippen LogP contribution is -2.36. The summed E-state index contributed by atoms with van der Waals surface area (Å²) < 4.78 is 6.09. The Morgan fingerprint density at radius 2 is 1.52 bits per heavy atom. The van der Waals surface area contributed by atoms with Crippen LogP contribution in [0.1, 0.15) is 43.7 Å². The number of benzene rings is 2. The smallest absolute Gasteiger partial charge is 0.131 e. The van der Waals surface area contributed by atoms with Crippen molar-refractivity contribution in [2.24, 2.45) is 0 Å². The van der Waals surface area contributed by atoms with Gasteiger partial charge in [0.15, 0.2) is 0 Å². The van der Waals surface area contributed by atoms with Gasteiger partial charge in [-0.1, -0.05) is 56.7 Å². The van der Waals surface area contributed by atoms with Gasteiger partial charge in [-0.25, -0.2) is 0 Å². The zero-order valence-corrected chi connectivity index (χ0v) is 12.8. The minimum atomic E-state index is 0.367. The minimum Gasteiger partial charge on any atom is -0.457 e. The Labute approximate surface area is 127 Å². The SMILES string of the molecule is CCCC(NCC)C1c2ccccc2Oc2ccccc21. The number of para-hydroxylation sites is 2. The summed E-state index contributed by atoms with van der Waals surface area (Å²) in [7, 11) is 0. The predicted molar refractivity (Wildman–Crippen MR) is 87.2 cm³/mol. The first-order valence-corrected chi connectivity index (χ1v) is 7.94. The number of hydrogen-bond acceptors (Lipinski definition) is 2. The molecule has 0 aliphatic carbocycles. The van der Waals surface area contributed by atoms with Gasteiger partial charge in [-0.2, -0.15) is 0 Å². The van der Waals surface area contributed by atoms with Crippen molar-refractivity contribution in [2.75, 3.05) is 6.54 Å². The van der Waals surface area contributed by atoms with E-state index in [4.69, 9.17) is 4.74 Å². The van der Waals surface area contributed by atoms with Crippen LogP contribution in [0.3, 0.4) is 0 Å². The molecule has 110 valence electrons. The Morgan fingerprint density at radius 3 is 2.05 bits per heavy atom. The number of rotatable bonds is 5. The molecule has 0 radical (unpaired) electrons. The number of ether oxygens (including phenoxy) is 1. The van der Waals surface area contributed by atoms with E-state index in [1.54, 1.807) is 0 Å². The van der Waals surface area contributed by atoms with Crippen molar-refractivity contribution in [3.63, 3.8) is 0 Å². The van der Waals surface area contributed by atoms with Crippen LogP contribution in [0.5, 0.6) is 11.5 Å². The van der Waals surface area contributed by atoms with Crippen molar-refractivity contribution in [3.8, 4) is 11.5 Å². The summed E-state index contributed by atoms with van der Waals surface area (Å²) in [5.41, 5.74) is 2.60. The number of likely N-dealkylation sites (N-methyl/N-ethyl adjacent to an activating group) is 1.